The maximum absolute atomic E-state index is 11.8. The van der Waals surface area contributed by atoms with Crippen LogP contribution in [-0.2, 0) is 13.1 Å². The van der Waals surface area contributed by atoms with Crippen LogP contribution in [0.5, 0.6) is 0 Å². The van der Waals surface area contributed by atoms with Gasteiger partial charge in [0.1, 0.15) is 10.8 Å². The van der Waals surface area contributed by atoms with E-state index in [1.54, 1.807) is 18.6 Å². The molecule has 0 saturated carbocycles. The van der Waals surface area contributed by atoms with Crippen LogP contribution in [0, 0.1) is 0 Å². The number of H-pyrrole nitrogens is 1. The molecule has 0 unspecified atom stereocenters. The van der Waals surface area contributed by atoms with Gasteiger partial charge in [0.25, 0.3) is 5.56 Å². The lowest BCUT2D eigenvalue weighted by molar-refractivity contribution is 0.568. The first kappa shape index (κ1) is 12.6. The lowest BCUT2D eigenvalue weighted by atomic mass is 10.4. The van der Waals surface area contributed by atoms with Crippen LogP contribution < -0.4 is 10.9 Å². The van der Waals surface area contributed by atoms with Crippen molar-refractivity contribution in [3.8, 4) is 0 Å². The number of aromatic amines is 1. The van der Waals surface area contributed by atoms with Crippen LogP contribution >= 0.6 is 11.6 Å². The van der Waals surface area contributed by atoms with E-state index in [-0.39, 0.29) is 10.6 Å². The SMILES string of the molecule is CCCn1ncc(NCc2ncc[nH]2)c(Cl)c1=O. The van der Waals surface area contributed by atoms with E-state index < -0.39 is 0 Å². The highest BCUT2D eigenvalue weighted by atomic mass is 35.5. The van der Waals surface area contributed by atoms with Crippen molar-refractivity contribution in [2.24, 2.45) is 0 Å². The number of hydrogen-bond donors (Lipinski definition) is 2. The fourth-order valence-electron chi connectivity index (χ4n) is 1.53. The number of halogens is 1. The molecule has 0 aromatic carbocycles. The van der Waals surface area contributed by atoms with E-state index >= 15 is 0 Å². The molecule has 2 heterocycles. The molecule has 0 bridgehead atoms. The van der Waals surface area contributed by atoms with Gasteiger partial charge in [0.15, 0.2) is 0 Å². The number of aromatic nitrogens is 4. The molecule has 2 rings (SSSR count). The van der Waals surface area contributed by atoms with Crippen LogP contribution in [0.4, 0.5) is 5.69 Å². The summed E-state index contributed by atoms with van der Waals surface area (Å²) in [5.41, 5.74) is 0.244. The number of imidazole rings is 1. The Balaban J connectivity index is 2.14. The topological polar surface area (TPSA) is 75.6 Å². The highest BCUT2D eigenvalue weighted by Gasteiger charge is 2.08. The van der Waals surface area contributed by atoms with E-state index in [4.69, 9.17) is 11.6 Å². The fourth-order valence-corrected chi connectivity index (χ4v) is 1.75. The Morgan fingerprint density at radius 2 is 2.39 bits per heavy atom. The van der Waals surface area contributed by atoms with Gasteiger partial charge in [-0.2, -0.15) is 5.10 Å². The molecule has 7 heteroatoms. The summed E-state index contributed by atoms with van der Waals surface area (Å²) in [7, 11) is 0. The molecular formula is C11H14ClN5O. The lowest BCUT2D eigenvalue weighted by Crippen LogP contribution is -2.24. The average Bonchev–Trinajstić information content (AvgIpc) is 2.87. The van der Waals surface area contributed by atoms with Gasteiger partial charge >= 0.3 is 0 Å². The first-order valence-electron chi connectivity index (χ1n) is 5.70. The number of hydrogen-bond acceptors (Lipinski definition) is 4. The van der Waals surface area contributed by atoms with Crippen LogP contribution in [0.15, 0.2) is 23.4 Å². The van der Waals surface area contributed by atoms with Crippen LogP contribution in [0.2, 0.25) is 5.02 Å². The van der Waals surface area contributed by atoms with Crippen LogP contribution in [0.3, 0.4) is 0 Å². The summed E-state index contributed by atoms with van der Waals surface area (Å²) in [6.45, 7) is 3.01. The van der Waals surface area contributed by atoms with Gasteiger partial charge in [-0.25, -0.2) is 9.67 Å². The zero-order valence-electron chi connectivity index (χ0n) is 9.98. The summed E-state index contributed by atoms with van der Waals surface area (Å²) in [5, 5.41) is 7.24. The minimum atomic E-state index is -0.275. The smallest absolute Gasteiger partial charge is 0.287 e. The molecule has 96 valence electrons. The number of nitrogens with one attached hydrogen (secondary N) is 2. The molecule has 0 saturated heterocycles. The third-order valence-corrected chi connectivity index (χ3v) is 2.79. The van der Waals surface area contributed by atoms with Crippen LogP contribution in [0.1, 0.15) is 19.2 Å². The largest absolute Gasteiger partial charge is 0.375 e. The second kappa shape index (κ2) is 5.68. The van der Waals surface area contributed by atoms with E-state index in [2.05, 4.69) is 20.4 Å². The van der Waals surface area contributed by atoms with E-state index in [0.717, 1.165) is 12.2 Å². The van der Waals surface area contributed by atoms with Gasteiger partial charge in [0.2, 0.25) is 0 Å². The Morgan fingerprint density at radius 3 is 3.06 bits per heavy atom. The minimum absolute atomic E-state index is 0.157. The molecule has 6 nitrogen and oxygen atoms in total. The van der Waals surface area contributed by atoms with Gasteiger partial charge in [-0.3, -0.25) is 4.79 Å². The Hall–Kier alpha value is -1.82. The number of nitrogens with zero attached hydrogens (tertiary/aromatic N) is 3. The quantitative estimate of drug-likeness (QED) is 0.864. The van der Waals surface area contributed by atoms with Crippen molar-refractivity contribution >= 4 is 17.3 Å². The molecule has 2 N–H and O–H groups in total. The molecule has 0 atom stereocenters. The number of rotatable bonds is 5. The molecule has 0 radical (unpaired) electrons. The maximum atomic E-state index is 11.8. The molecule has 0 aliphatic heterocycles. The van der Waals surface area contributed by atoms with Crippen molar-refractivity contribution < 1.29 is 0 Å². The fraction of sp³-hybridized carbons (Fsp3) is 0.364. The van der Waals surface area contributed by atoms with E-state index in [1.807, 2.05) is 6.92 Å². The molecule has 18 heavy (non-hydrogen) atoms. The van der Waals surface area contributed by atoms with Crippen molar-refractivity contribution in [2.45, 2.75) is 26.4 Å². The van der Waals surface area contributed by atoms with E-state index in [9.17, 15) is 4.79 Å². The van der Waals surface area contributed by atoms with Gasteiger partial charge in [-0.15, -0.1) is 0 Å². The lowest BCUT2D eigenvalue weighted by Gasteiger charge is -2.08. The first-order valence-corrected chi connectivity index (χ1v) is 6.08. The summed E-state index contributed by atoms with van der Waals surface area (Å²) < 4.78 is 1.36. The second-order valence-electron chi connectivity index (χ2n) is 3.79. The van der Waals surface area contributed by atoms with E-state index in [0.29, 0.717) is 18.8 Å². The Bertz CT molecular complexity index is 563. The summed E-state index contributed by atoms with van der Waals surface area (Å²) in [5.74, 6) is 0.767. The first-order chi connectivity index (χ1) is 8.72. The van der Waals surface area contributed by atoms with Gasteiger partial charge in [-0.1, -0.05) is 18.5 Å². The average molecular weight is 268 g/mol. The number of aryl methyl sites for hydroxylation is 1. The Morgan fingerprint density at radius 1 is 1.56 bits per heavy atom. The molecule has 0 spiro atoms. The molecular weight excluding hydrogens is 254 g/mol. The minimum Gasteiger partial charge on any atom is -0.375 e. The summed E-state index contributed by atoms with van der Waals surface area (Å²) >= 11 is 6.01. The van der Waals surface area contributed by atoms with Crippen molar-refractivity contribution in [3.63, 3.8) is 0 Å². The van der Waals surface area contributed by atoms with Gasteiger partial charge in [-0.05, 0) is 6.42 Å². The van der Waals surface area contributed by atoms with Crippen molar-refractivity contribution in [1.29, 1.82) is 0 Å². The van der Waals surface area contributed by atoms with Crippen LogP contribution in [0.25, 0.3) is 0 Å². The predicted octanol–water partition coefficient (Wildman–Crippen LogP) is 1.64. The molecule has 0 aliphatic rings. The normalized spacial score (nSPS) is 10.6. The zero-order chi connectivity index (χ0) is 13.0. The molecule has 0 aliphatic carbocycles. The Kier molecular flexibility index (Phi) is 3.99. The monoisotopic (exact) mass is 267 g/mol. The number of anilines is 1. The van der Waals surface area contributed by atoms with Crippen molar-refractivity contribution in [2.75, 3.05) is 5.32 Å². The van der Waals surface area contributed by atoms with Crippen molar-refractivity contribution in [3.05, 3.63) is 39.8 Å². The van der Waals surface area contributed by atoms with E-state index in [1.165, 1.54) is 4.68 Å². The molecule has 0 amide bonds. The van der Waals surface area contributed by atoms with Crippen molar-refractivity contribution in [1.82, 2.24) is 19.7 Å². The summed E-state index contributed by atoms with van der Waals surface area (Å²) in [6.07, 6.45) is 5.79. The third kappa shape index (κ3) is 2.70. The molecule has 2 aromatic rings. The summed E-state index contributed by atoms with van der Waals surface area (Å²) in [6, 6.07) is 0. The zero-order valence-corrected chi connectivity index (χ0v) is 10.7. The highest BCUT2D eigenvalue weighted by molar-refractivity contribution is 6.32. The van der Waals surface area contributed by atoms with Gasteiger partial charge < -0.3 is 10.3 Å². The van der Waals surface area contributed by atoms with Crippen LogP contribution in [-0.4, -0.2) is 19.7 Å². The standard InChI is InChI=1S/C11H14ClN5O/c1-2-5-17-11(18)10(12)8(6-16-17)15-7-9-13-3-4-14-9/h3-4,6,15H,2,5,7H2,1H3,(H,13,14). The summed E-state index contributed by atoms with van der Waals surface area (Å²) in [4.78, 5) is 18.9. The molecule has 2 aromatic heterocycles. The Labute approximate surface area is 109 Å². The highest BCUT2D eigenvalue weighted by Crippen LogP contribution is 2.15. The third-order valence-electron chi connectivity index (χ3n) is 2.42. The second-order valence-corrected chi connectivity index (χ2v) is 4.17. The van der Waals surface area contributed by atoms with Gasteiger partial charge in [0, 0.05) is 18.9 Å². The van der Waals surface area contributed by atoms with Gasteiger partial charge in [0.05, 0.1) is 18.4 Å². The molecule has 0 fully saturated rings. The predicted molar refractivity (Wildman–Crippen MR) is 69.7 cm³/mol. The maximum Gasteiger partial charge on any atom is 0.287 e.